The van der Waals surface area contributed by atoms with Crippen molar-refractivity contribution in [2.75, 3.05) is 11.5 Å². The SMILES string of the molecule is Cc1cnc(N)nc1SCC(N)=O. The molecule has 0 radical (unpaired) electrons. The van der Waals surface area contributed by atoms with Gasteiger partial charge >= 0.3 is 0 Å². The van der Waals surface area contributed by atoms with Crippen molar-refractivity contribution in [3.05, 3.63) is 11.8 Å². The Morgan fingerprint density at radius 3 is 3.00 bits per heavy atom. The van der Waals surface area contributed by atoms with Crippen LogP contribution >= 0.6 is 11.8 Å². The van der Waals surface area contributed by atoms with Gasteiger partial charge in [-0.2, -0.15) is 0 Å². The quantitative estimate of drug-likeness (QED) is 0.524. The van der Waals surface area contributed by atoms with Crippen LogP contribution in [0.1, 0.15) is 5.56 Å². The smallest absolute Gasteiger partial charge is 0.227 e. The third-order valence-electron chi connectivity index (χ3n) is 1.30. The van der Waals surface area contributed by atoms with E-state index in [0.29, 0.717) is 5.03 Å². The first kappa shape index (κ1) is 9.79. The fourth-order valence-electron chi connectivity index (χ4n) is 0.725. The number of amides is 1. The van der Waals surface area contributed by atoms with Crippen LogP contribution in [0.2, 0.25) is 0 Å². The lowest BCUT2D eigenvalue weighted by molar-refractivity contribution is -0.115. The van der Waals surface area contributed by atoms with Gasteiger partial charge < -0.3 is 11.5 Å². The number of hydrogen-bond acceptors (Lipinski definition) is 5. The van der Waals surface area contributed by atoms with Crippen molar-refractivity contribution >= 4 is 23.6 Å². The largest absolute Gasteiger partial charge is 0.369 e. The molecule has 5 nitrogen and oxygen atoms in total. The fraction of sp³-hybridized carbons (Fsp3) is 0.286. The Kier molecular flexibility index (Phi) is 3.07. The Hall–Kier alpha value is -1.30. The van der Waals surface area contributed by atoms with E-state index in [1.807, 2.05) is 6.92 Å². The molecule has 0 spiro atoms. The third-order valence-corrected chi connectivity index (χ3v) is 2.41. The number of nitrogens with zero attached hydrogens (tertiary/aromatic N) is 2. The molecule has 1 aromatic heterocycles. The van der Waals surface area contributed by atoms with Gasteiger partial charge in [0.05, 0.1) is 5.75 Å². The number of carbonyl (C=O) groups excluding carboxylic acids is 1. The molecule has 4 N–H and O–H groups in total. The fourth-order valence-corrected chi connectivity index (χ4v) is 1.44. The van der Waals surface area contributed by atoms with E-state index in [1.165, 1.54) is 11.8 Å². The number of aromatic nitrogens is 2. The van der Waals surface area contributed by atoms with E-state index >= 15 is 0 Å². The summed E-state index contributed by atoms with van der Waals surface area (Å²) in [7, 11) is 0. The molecule has 0 fully saturated rings. The molecule has 0 aliphatic carbocycles. The monoisotopic (exact) mass is 198 g/mol. The Balaban J connectivity index is 2.75. The lowest BCUT2D eigenvalue weighted by Gasteiger charge is -2.02. The second-order valence-electron chi connectivity index (χ2n) is 2.47. The lowest BCUT2D eigenvalue weighted by atomic mass is 10.4. The minimum atomic E-state index is -0.374. The summed E-state index contributed by atoms with van der Waals surface area (Å²) in [6.45, 7) is 1.85. The van der Waals surface area contributed by atoms with Crippen LogP contribution in [0.15, 0.2) is 11.2 Å². The van der Waals surface area contributed by atoms with Crippen LogP contribution in [-0.4, -0.2) is 21.6 Å². The highest BCUT2D eigenvalue weighted by molar-refractivity contribution is 7.99. The molecule has 0 aromatic carbocycles. The van der Waals surface area contributed by atoms with Crippen molar-refractivity contribution in [2.45, 2.75) is 11.9 Å². The van der Waals surface area contributed by atoms with Gasteiger partial charge in [-0.3, -0.25) is 4.79 Å². The van der Waals surface area contributed by atoms with Gasteiger partial charge in [0, 0.05) is 6.20 Å². The summed E-state index contributed by atoms with van der Waals surface area (Å²) in [6.07, 6.45) is 1.62. The number of primary amides is 1. The van der Waals surface area contributed by atoms with E-state index in [-0.39, 0.29) is 17.6 Å². The molecule has 0 saturated carbocycles. The highest BCUT2D eigenvalue weighted by Gasteiger charge is 2.04. The Labute approximate surface area is 79.9 Å². The van der Waals surface area contributed by atoms with Crippen LogP contribution < -0.4 is 11.5 Å². The number of rotatable bonds is 3. The summed E-state index contributed by atoms with van der Waals surface area (Å²) in [5, 5.41) is 0.700. The summed E-state index contributed by atoms with van der Waals surface area (Å²) >= 11 is 1.26. The molecule has 1 aromatic rings. The second-order valence-corrected chi connectivity index (χ2v) is 3.44. The van der Waals surface area contributed by atoms with E-state index in [1.54, 1.807) is 6.20 Å². The van der Waals surface area contributed by atoms with Gasteiger partial charge in [-0.25, -0.2) is 9.97 Å². The van der Waals surface area contributed by atoms with Gasteiger partial charge in [0.2, 0.25) is 11.9 Å². The predicted octanol–water partition coefficient (Wildman–Crippen LogP) is -0.0554. The number of nitrogen functional groups attached to an aromatic ring is 1. The molecular weight excluding hydrogens is 188 g/mol. The zero-order valence-corrected chi connectivity index (χ0v) is 7.97. The third kappa shape index (κ3) is 2.90. The van der Waals surface area contributed by atoms with E-state index in [4.69, 9.17) is 11.5 Å². The van der Waals surface area contributed by atoms with Gasteiger partial charge in [0.1, 0.15) is 5.03 Å². The number of anilines is 1. The topological polar surface area (TPSA) is 94.9 Å². The molecule has 70 valence electrons. The van der Waals surface area contributed by atoms with Gasteiger partial charge in [0.15, 0.2) is 0 Å². The molecule has 0 aliphatic heterocycles. The molecule has 0 bridgehead atoms. The summed E-state index contributed by atoms with van der Waals surface area (Å²) in [5.74, 6) is 0.0382. The number of thioether (sulfide) groups is 1. The minimum Gasteiger partial charge on any atom is -0.369 e. The highest BCUT2D eigenvalue weighted by atomic mass is 32.2. The van der Waals surface area contributed by atoms with Gasteiger partial charge in [0.25, 0.3) is 0 Å². The number of carbonyl (C=O) groups is 1. The molecule has 0 atom stereocenters. The molecule has 0 aliphatic rings. The molecular formula is C7H10N4OS. The van der Waals surface area contributed by atoms with Gasteiger partial charge in [-0.05, 0) is 12.5 Å². The zero-order chi connectivity index (χ0) is 9.84. The first-order valence-corrected chi connectivity index (χ1v) is 4.58. The van der Waals surface area contributed by atoms with E-state index < -0.39 is 0 Å². The summed E-state index contributed by atoms with van der Waals surface area (Å²) in [6, 6.07) is 0. The number of nitrogens with two attached hydrogens (primary N) is 2. The van der Waals surface area contributed by atoms with E-state index in [0.717, 1.165) is 5.56 Å². The van der Waals surface area contributed by atoms with Gasteiger partial charge in [-0.15, -0.1) is 0 Å². The molecule has 1 rings (SSSR count). The lowest BCUT2D eigenvalue weighted by Crippen LogP contribution is -2.13. The van der Waals surface area contributed by atoms with Crippen molar-refractivity contribution in [3.8, 4) is 0 Å². The van der Waals surface area contributed by atoms with Crippen LogP contribution in [0.5, 0.6) is 0 Å². The van der Waals surface area contributed by atoms with Crippen LogP contribution in [0, 0.1) is 6.92 Å². The molecule has 13 heavy (non-hydrogen) atoms. The van der Waals surface area contributed by atoms with Crippen molar-refractivity contribution < 1.29 is 4.79 Å². The van der Waals surface area contributed by atoms with Crippen LogP contribution in [0.25, 0.3) is 0 Å². The van der Waals surface area contributed by atoms with E-state index in [2.05, 4.69) is 9.97 Å². The van der Waals surface area contributed by atoms with Crippen LogP contribution in [0.3, 0.4) is 0 Å². The molecule has 0 unspecified atom stereocenters. The van der Waals surface area contributed by atoms with Crippen molar-refractivity contribution in [3.63, 3.8) is 0 Å². The summed E-state index contributed by atoms with van der Waals surface area (Å²) < 4.78 is 0. The van der Waals surface area contributed by atoms with Gasteiger partial charge in [-0.1, -0.05) is 11.8 Å². The molecule has 1 heterocycles. The van der Waals surface area contributed by atoms with Crippen molar-refractivity contribution in [2.24, 2.45) is 5.73 Å². The highest BCUT2D eigenvalue weighted by Crippen LogP contribution is 2.18. The van der Waals surface area contributed by atoms with Crippen LogP contribution in [0.4, 0.5) is 5.95 Å². The normalized spacial score (nSPS) is 9.92. The predicted molar refractivity (Wildman–Crippen MR) is 51.1 cm³/mol. The van der Waals surface area contributed by atoms with Crippen molar-refractivity contribution in [1.82, 2.24) is 9.97 Å². The Bertz CT molecular complexity index is 328. The zero-order valence-electron chi connectivity index (χ0n) is 7.15. The molecule has 1 amide bonds. The molecule has 6 heteroatoms. The number of aryl methyl sites for hydroxylation is 1. The summed E-state index contributed by atoms with van der Waals surface area (Å²) in [5.41, 5.74) is 11.3. The maximum Gasteiger partial charge on any atom is 0.227 e. The number of hydrogen-bond donors (Lipinski definition) is 2. The standard InChI is InChI=1S/C7H10N4OS/c1-4-2-10-7(9)11-6(4)13-3-5(8)12/h2H,3H2,1H3,(H2,8,12)(H2,9,10,11). The second kappa shape index (κ2) is 4.08. The average molecular weight is 198 g/mol. The first-order chi connectivity index (χ1) is 6.09. The maximum absolute atomic E-state index is 10.5. The minimum absolute atomic E-state index is 0.206. The molecule has 0 saturated heterocycles. The maximum atomic E-state index is 10.5. The van der Waals surface area contributed by atoms with Crippen molar-refractivity contribution in [1.29, 1.82) is 0 Å². The summed E-state index contributed by atoms with van der Waals surface area (Å²) in [4.78, 5) is 18.3. The van der Waals surface area contributed by atoms with Crippen LogP contribution in [-0.2, 0) is 4.79 Å². The Morgan fingerprint density at radius 1 is 1.69 bits per heavy atom. The average Bonchev–Trinajstić information content (AvgIpc) is 2.06. The Morgan fingerprint density at radius 2 is 2.38 bits per heavy atom. The van der Waals surface area contributed by atoms with E-state index in [9.17, 15) is 4.79 Å². The first-order valence-electron chi connectivity index (χ1n) is 3.60.